The van der Waals surface area contributed by atoms with Gasteiger partial charge in [0.15, 0.2) is 0 Å². The number of nitrogens with one attached hydrogen (secondary N) is 1. The predicted molar refractivity (Wildman–Crippen MR) is 60.8 cm³/mol. The zero-order valence-corrected chi connectivity index (χ0v) is 10.1. The van der Waals surface area contributed by atoms with Crippen LogP contribution in [0.25, 0.3) is 0 Å². The molecule has 0 radical (unpaired) electrons. The average molecular weight is 233 g/mol. The Hall–Kier alpha value is -0.260. The molecule has 3 N–H and O–H groups in total. The minimum atomic E-state index is -1.23. The zero-order valence-electron chi connectivity index (χ0n) is 9.25. The van der Waals surface area contributed by atoms with Crippen LogP contribution in [0.2, 0.25) is 0 Å². The SMILES string of the molecule is CC(O)(CO)CNC(=O)C1(C)CCCS1. The van der Waals surface area contributed by atoms with Crippen molar-refractivity contribution in [1.82, 2.24) is 5.32 Å². The van der Waals surface area contributed by atoms with E-state index in [9.17, 15) is 9.90 Å². The molecule has 0 bridgehead atoms. The molecule has 5 heteroatoms. The summed E-state index contributed by atoms with van der Waals surface area (Å²) in [5.41, 5.74) is -1.23. The fraction of sp³-hybridized carbons (Fsp3) is 0.900. The van der Waals surface area contributed by atoms with E-state index < -0.39 is 5.60 Å². The second-order valence-electron chi connectivity index (χ2n) is 4.52. The highest BCUT2D eigenvalue weighted by Gasteiger charge is 2.37. The van der Waals surface area contributed by atoms with E-state index in [-0.39, 0.29) is 23.8 Å². The number of aliphatic hydroxyl groups excluding tert-OH is 1. The molecule has 0 aliphatic carbocycles. The summed E-state index contributed by atoms with van der Waals surface area (Å²) in [6.07, 6.45) is 1.94. The lowest BCUT2D eigenvalue weighted by molar-refractivity contribution is -0.124. The van der Waals surface area contributed by atoms with Crippen LogP contribution in [-0.4, -0.2) is 45.4 Å². The van der Waals surface area contributed by atoms with E-state index in [1.807, 2.05) is 6.92 Å². The smallest absolute Gasteiger partial charge is 0.236 e. The molecule has 15 heavy (non-hydrogen) atoms. The molecule has 1 aliphatic rings. The van der Waals surface area contributed by atoms with Crippen LogP contribution in [-0.2, 0) is 4.79 Å². The topological polar surface area (TPSA) is 69.6 Å². The van der Waals surface area contributed by atoms with E-state index in [1.165, 1.54) is 6.92 Å². The number of carbonyl (C=O) groups excluding carboxylic acids is 1. The number of aliphatic hydroxyl groups is 2. The van der Waals surface area contributed by atoms with Crippen molar-refractivity contribution in [2.45, 2.75) is 37.0 Å². The fourth-order valence-corrected chi connectivity index (χ4v) is 2.70. The summed E-state index contributed by atoms with van der Waals surface area (Å²) in [5, 5.41) is 21.0. The van der Waals surface area contributed by atoms with Gasteiger partial charge in [-0.2, -0.15) is 0 Å². The summed E-state index contributed by atoms with van der Waals surface area (Å²) < 4.78 is -0.356. The van der Waals surface area contributed by atoms with Crippen LogP contribution in [0, 0.1) is 0 Å². The van der Waals surface area contributed by atoms with Crippen LogP contribution in [0.1, 0.15) is 26.7 Å². The molecule has 2 unspecified atom stereocenters. The van der Waals surface area contributed by atoms with E-state index in [0.29, 0.717) is 0 Å². The van der Waals surface area contributed by atoms with Crippen LogP contribution in [0.3, 0.4) is 0 Å². The van der Waals surface area contributed by atoms with Gasteiger partial charge in [-0.25, -0.2) is 0 Å². The maximum absolute atomic E-state index is 11.8. The Bertz CT molecular complexity index is 237. The van der Waals surface area contributed by atoms with Crippen molar-refractivity contribution >= 4 is 17.7 Å². The van der Waals surface area contributed by atoms with Crippen molar-refractivity contribution in [3.8, 4) is 0 Å². The normalized spacial score (nSPS) is 29.9. The lowest BCUT2D eigenvalue weighted by atomic mass is 10.0. The molecule has 4 nitrogen and oxygen atoms in total. The third kappa shape index (κ3) is 3.36. The molecule has 0 saturated carbocycles. The second kappa shape index (κ2) is 4.72. The highest BCUT2D eigenvalue weighted by molar-refractivity contribution is 8.01. The van der Waals surface area contributed by atoms with E-state index in [1.54, 1.807) is 11.8 Å². The first-order valence-electron chi connectivity index (χ1n) is 5.15. The van der Waals surface area contributed by atoms with Crippen LogP contribution >= 0.6 is 11.8 Å². The lowest BCUT2D eigenvalue weighted by Gasteiger charge is -2.26. The summed E-state index contributed by atoms with van der Waals surface area (Å²) in [5.74, 6) is 0.971. The Kier molecular flexibility index (Phi) is 4.03. The second-order valence-corrected chi connectivity index (χ2v) is 6.12. The molecular weight excluding hydrogens is 214 g/mol. The third-order valence-electron chi connectivity index (χ3n) is 2.67. The van der Waals surface area contributed by atoms with Gasteiger partial charge in [0.2, 0.25) is 5.91 Å². The standard InChI is InChI=1S/C10H19NO3S/c1-9(14,7-12)6-11-8(13)10(2)4-3-5-15-10/h12,14H,3-7H2,1-2H3,(H,11,13). The van der Waals surface area contributed by atoms with Gasteiger partial charge in [-0.1, -0.05) is 0 Å². The Labute approximate surface area is 94.4 Å². The first kappa shape index (κ1) is 12.8. The molecule has 1 heterocycles. The largest absolute Gasteiger partial charge is 0.393 e. The van der Waals surface area contributed by atoms with Crippen molar-refractivity contribution in [3.05, 3.63) is 0 Å². The number of rotatable bonds is 4. The minimum absolute atomic E-state index is 0.0428. The molecule has 1 rings (SSSR count). The lowest BCUT2D eigenvalue weighted by Crippen LogP contribution is -2.48. The molecule has 1 fully saturated rings. The highest BCUT2D eigenvalue weighted by atomic mass is 32.2. The van der Waals surface area contributed by atoms with Gasteiger partial charge in [-0.3, -0.25) is 4.79 Å². The van der Waals surface area contributed by atoms with Crippen LogP contribution < -0.4 is 5.32 Å². The number of hydrogen-bond donors (Lipinski definition) is 3. The zero-order chi connectivity index (χ0) is 11.5. The van der Waals surface area contributed by atoms with E-state index in [2.05, 4.69) is 5.32 Å². The first-order valence-corrected chi connectivity index (χ1v) is 6.14. The highest BCUT2D eigenvalue weighted by Crippen LogP contribution is 2.37. The Balaban J connectivity index is 2.42. The van der Waals surface area contributed by atoms with E-state index in [0.717, 1.165) is 18.6 Å². The molecule has 0 aromatic carbocycles. The van der Waals surface area contributed by atoms with E-state index in [4.69, 9.17) is 5.11 Å². The molecule has 0 spiro atoms. The molecule has 1 amide bonds. The molecule has 1 saturated heterocycles. The molecule has 1 aliphatic heterocycles. The number of hydrogen-bond acceptors (Lipinski definition) is 4. The Morgan fingerprint density at radius 3 is 2.80 bits per heavy atom. The van der Waals surface area contributed by atoms with Gasteiger partial charge in [0.05, 0.1) is 11.4 Å². The van der Waals surface area contributed by atoms with Gasteiger partial charge in [-0.15, -0.1) is 11.8 Å². The number of amides is 1. The summed E-state index contributed by atoms with van der Waals surface area (Å²) in [6, 6.07) is 0. The first-order chi connectivity index (χ1) is 6.90. The van der Waals surface area contributed by atoms with Crippen molar-refractivity contribution in [2.75, 3.05) is 18.9 Å². The van der Waals surface area contributed by atoms with Gasteiger partial charge in [-0.05, 0) is 32.4 Å². The molecule has 0 aromatic rings. The molecule has 88 valence electrons. The van der Waals surface area contributed by atoms with Crippen molar-refractivity contribution in [1.29, 1.82) is 0 Å². The van der Waals surface area contributed by atoms with Gasteiger partial charge < -0.3 is 15.5 Å². The van der Waals surface area contributed by atoms with Crippen LogP contribution in [0.4, 0.5) is 0 Å². The predicted octanol–water partition coefficient (Wildman–Crippen LogP) is 0.132. The Morgan fingerprint density at radius 2 is 2.33 bits per heavy atom. The van der Waals surface area contributed by atoms with Gasteiger partial charge in [0.1, 0.15) is 5.60 Å². The van der Waals surface area contributed by atoms with Crippen molar-refractivity contribution in [3.63, 3.8) is 0 Å². The number of thioether (sulfide) groups is 1. The van der Waals surface area contributed by atoms with E-state index >= 15 is 0 Å². The number of carbonyl (C=O) groups is 1. The summed E-state index contributed by atoms with van der Waals surface area (Å²) >= 11 is 1.65. The van der Waals surface area contributed by atoms with Crippen LogP contribution in [0.15, 0.2) is 0 Å². The minimum Gasteiger partial charge on any atom is -0.393 e. The summed E-state index contributed by atoms with van der Waals surface area (Å²) in [4.78, 5) is 11.8. The maximum atomic E-state index is 11.8. The molecule has 0 aromatic heterocycles. The molecular formula is C10H19NO3S. The summed E-state index contributed by atoms with van der Waals surface area (Å²) in [7, 11) is 0. The quantitative estimate of drug-likeness (QED) is 0.645. The van der Waals surface area contributed by atoms with Gasteiger partial charge in [0, 0.05) is 6.54 Å². The maximum Gasteiger partial charge on any atom is 0.236 e. The van der Waals surface area contributed by atoms with Crippen LogP contribution in [0.5, 0.6) is 0 Å². The van der Waals surface area contributed by atoms with Crippen molar-refractivity contribution in [2.24, 2.45) is 0 Å². The van der Waals surface area contributed by atoms with Gasteiger partial charge >= 0.3 is 0 Å². The Morgan fingerprint density at radius 1 is 1.67 bits per heavy atom. The average Bonchev–Trinajstić information content (AvgIpc) is 2.63. The summed E-state index contributed by atoms with van der Waals surface area (Å²) in [6.45, 7) is 3.17. The fourth-order valence-electron chi connectivity index (χ4n) is 1.47. The third-order valence-corrected chi connectivity index (χ3v) is 4.19. The molecule has 2 atom stereocenters. The van der Waals surface area contributed by atoms with Gasteiger partial charge in [0.25, 0.3) is 0 Å². The van der Waals surface area contributed by atoms with Crippen molar-refractivity contribution < 1.29 is 15.0 Å². The monoisotopic (exact) mass is 233 g/mol.